The Kier molecular flexibility index (Phi) is 4.31. The van der Waals surface area contributed by atoms with Crippen molar-refractivity contribution in [1.82, 2.24) is 4.90 Å². The highest BCUT2D eigenvalue weighted by atomic mass is 16.1. The van der Waals surface area contributed by atoms with Crippen LogP contribution in [-0.4, -0.2) is 24.9 Å². The lowest BCUT2D eigenvalue weighted by Gasteiger charge is -2.10. The highest BCUT2D eigenvalue weighted by Crippen LogP contribution is 2.10. The Morgan fingerprint density at radius 1 is 1.00 bits per heavy atom. The zero-order valence-electron chi connectivity index (χ0n) is 11.3. The van der Waals surface area contributed by atoms with E-state index in [2.05, 4.69) is 10.2 Å². The highest BCUT2D eigenvalue weighted by Gasteiger charge is 2.05. The predicted molar refractivity (Wildman–Crippen MR) is 78.2 cm³/mol. The van der Waals surface area contributed by atoms with Gasteiger partial charge in [-0.1, -0.05) is 30.3 Å². The minimum atomic E-state index is -0.0809. The molecule has 98 valence electrons. The molecule has 2 aromatic carbocycles. The number of hydrogen-bond donors (Lipinski definition) is 1. The number of benzene rings is 2. The van der Waals surface area contributed by atoms with Crippen molar-refractivity contribution in [2.45, 2.75) is 6.54 Å². The Morgan fingerprint density at radius 2 is 1.63 bits per heavy atom. The first-order chi connectivity index (χ1) is 9.15. The van der Waals surface area contributed by atoms with Gasteiger partial charge in [-0.15, -0.1) is 0 Å². The summed E-state index contributed by atoms with van der Waals surface area (Å²) in [6.45, 7) is 0.876. The molecular weight excluding hydrogens is 236 g/mol. The van der Waals surface area contributed by atoms with Crippen molar-refractivity contribution < 1.29 is 4.79 Å². The lowest BCUT2D eigenvalue weighted by molar-refractivity contribution is 0.102. The molecule has 0 aliphatic heterocycles. The topological polar surface area (TPSA) is 32.3 Å². The highest BCUT2D eigenvalue weighted by molar-refractivity contribution is 6.04. The summed E-state index contributed by atoms with van der Waals surface area (Å²) >= 11 is 0. The van der Waals surface area contributed by atoms with Crippen molar-refractivity contribution in [2.75, 3.05) is 19.4 Å². The minimum absolute atomic E-state index is 0.0809. The molecule has 0 fully saturated rings. The SMILES string of the molecule is CN(C)Cc1ccc(C(=O)Nc2ccccc2)cc1. The van der Waals surface area contributed by atoms with E-state index in [0.717, 1.165) is 12.2 Å². The average molecular weight is 254 g/mol. The molecule has 0 aliphatic rings. The number of anilines is 1. The molecule has 19 heavy (non-hydrogen) atoms. The molecule has 3 nitrogen and oxygen atoms in total. The van der Waals surface area contributed by atoms with E-state index in [9.17, 15) is 4.79 Å². The molecule has 1 N–H and O–H groups in total. The maximum absolute atomic E-state index is 12.0. The van der Waals surface area contributed by atoms with Crippen molar-refractivity contribution in [1.29, 1.82) is 0 Å². The summed E-state index contributed by atoms with van der Waals surface area (Å²) in [4.78, 5) is 14.1. The van der Waals surface area contributed by atoms with Crippen molar-refractivity contribution in [3.8, 4) is 0 Å². The summed E-state index contributed by atoms with van der Waals surface area (Å²) in [6, 6.07) is 17.2. The molecule has 0 saturated heterocycles. The fraction of sp³-hybridized carbons (Fsp3) is 0.188. The van der Waals surface area contributed by atoms with Crippen LogP contribution in [0.15, 0.2) is 54.6 Å². The first kappa shape index (κ1) is 13.3. The van der Waals surface area contributed by atoms with Gasteiger partial charge in [0.1, 0.15) is 0 Å². The zero-order valence-corrected chi connectivity index (χ0v) is 11.3. The molecule has 0 saturated carbocycles. The average Bonchev–Trinajstić information content (AvgIpc) is 2.40. The van der Waals surface area contributed by atoms with Crippen molar-refractivity contribution in [2.24, 2.45) is 0 Å². The summed E-state index contributed by atoms with van der Waals surface area (Å²) < 4.78 is 0. The van der Waals surface area contributed by atoms with Crippen LogP contribution < -0.4 is 5.32 Å². The van der Waals surface area contributed by atoms with Gasteiger partial charge in [0.15, 0.2) is 0 Å². The lowest BCUT2D eigenvalue weighted by atomic mass is 10.1. The van der Waals surface area contributed by atoms with E-state index in [-0.39, 0.29) is 5.91 Å². The van der Waals surface area contributed by atoms with Gasteiger partial charge in [0.2, 0.25) is 0 Å². The van der Waals surface area contributed by atoms with Crippen LogP contribution in [-0.2, 0) is 6.54 Å². The molecule has 0 spiro atoms. The van der Waals surface area contributed by atoms with Crippen LogP contribution in [0, 0.1) is 0 Å². The summed E-state index contributed by atoms with van der Waals surface area (Å²) in [5, 5.41) is 2.87. The van der Waals surface area contributed by atoms with Crippen LogP contribution in [0.2, 0.25) is 0 Å². The second kappa shape index (κ2) is 6.16. The van der Waals surface area contributed by atoms with Crippen LogP contribution in [0.25, 0.3) is 0 Å². The number of nitrogens with zero attached hydrogens (tertiary/aromatic N) is 1. The van der Waals surface area contributed by atoms with Gasteiger partial charge >= 0.3 is 0 Å². The monoisotopic (exact) mass is 254 g/mol. The quantitative estimate of drug-likeness (QED) is 0.909. The van der Waals surface area contributed by atoms with Gasteiger partial charge in [0.25, 0.3) is 5.91 Å². The molecule has 0 bridgehead atoms. The Labute approximate surface area is 113 Å². The van der Waals surface area contributed by atoms with E-state index in [1.54, 1.807) is 0 Å². The maximum Gasteiger partial charge on any atom is 0.255 e. The predicted octanol–water partition coefficient (Wildman–Crippen LogP) is 3.00. The largest absolute Gasteiger partial charge is 0.322 e. The molecule has 3 heteroatoms. The zero-order chi connectivity index (χ0) is 13.7. The molecule has 2 rings (SSSR count). The van der Waals surface area contributed by atoms with E-state index in [1.807, 2.05) is 68.7 Å². The number of amides is 1. The number of para-hydroxylation sites is 1. The molecule has 0 radical (unpaired) electrons. The second-order valence-electron chi connectivity index (χ2n) is 4.75. The molecule has 0 aromatic heterocycles. The van der Waals surface area contributed by atoms with Gasteiger partial charge in [-0.05, 0) is 43.9 Å². The molecular formula is C16H18N2O. The third-order valence-electron chi connectivity index (χ3n) is 2.75. The Balaban J connectivity index is 2.04. The summed E-state index contributed by atoms with van der Waals surface area (Å²) in [6.07, 6.45) is 0. The first-order valence-electron chi connectivity index (χ1n) is 6.25. The van der Waals surface area contributed by atoms with Gasteiger partial charge in [-0.2, -0.15) is 0 Å². The molecule has 0 atom stereocenters. The van der Waals surface area contributed by atoms with E-state index < -0.39 is 0 Å². The third kappa shape index (κ3) is 3.93. The number of nitrogens with one attached hydrogen (secondary N) is 1. The smallest absolute Gasteiger partial charge is 0.255 e. The van der Waals surface area contributed by atoms with E-state index in [4.69, 9.17) is 0 Å². The van der Waals surface area contributed by atoms with Gasteiger partial charge in [-0.3, -0.25) is 4.79 Å². The number of carbonyl (C=O) groups is 1. The molecule has 0 heterocycles. The Morgan fingerprint density at radius 3 is 2.21 bits per heavy atom. The number of hydrogen-bond acceptors (Lipinski definition) is 2. The van der Waals surface area contributed by atoms with Crippen molar-refractivity contribution >= 4 is 11.6 Å². The standard InChI is InChI=1S/C16H18N2O/c1-18(2)12-13-8-10-14(11-9-13)16(19)17-15-6-4-3-5-7-15/h3-11H,12H2,1-2H3,(H,17,19). The normalized spacial score (nSPS) is 10.5. The third-order valence-corrected chi connectivity index (χ3v) is 2.75. The summed E-state index contributed by atoms with van der Waals surface area (Å²) in [5.41, 5.74) is 2.68. The van der Waals surface area contributed by atoms with E-state index in [0.29, 0.717) is 5.56 Å². The van der Waals surface area contributed by atoms with Crippen molar-refractivity contribution in [3.63, 3.8) is 0 Å². The molecule has 0 unspecified atom stereocenters. The molecule has 1 amide bonds. The molecule has 2 aromatic rings. The fourth-order valence-corrected chi connectivity index (χ4v) is 1.85. The van der Waals surface area contributed by atoms with Crippen LogP contribution in [0.3, 0.4) is 0 Å². The lowest BCUT2D eigenvalue weighted by Crippen LogP contribution is -2.13. The van der Waals surface area contributed by atoms with Gasteiger partial charge in [0.05, 0.1) is 0 Å². The minimum Gasteiger partial charge on any atom is -0.322 e. The fourth-order valence-electron chi connectivity index (χ4n) is 1.85. The molecule has 0 aliphatic carbocycles. The Bertz CT molecular complexity index is 532. The van der Waals surface area contributed by atoms with E-state index in [1.165, 1.54) is 5.56 Å². The van der Waals surface area contributed by atoms with E-state index >= 15 is 0 Å². The van der Waals surface area contributed by atoms with Gasteiger partial charge < -0.3 is 10.2 Å². The summed E-state index contributed by atoms with van der Waals surface area (Å²) in [5.74, 6) is -0.0809. The summed E-state index contributed by atoms with van der Waals surface area (Å²) in [7, 11) is 4.05. The van der Waals surface area contributed by atoms with Crippen LogP contribution in [0.1, 0.15) is 15.9 Å². The Hall–Kier alpha value is -2.13. The number of rotatable bonds is 4. The number of carbonyl (C=O) groups excluding carboxylic acids is 1. The maximum atomic E-state index is 12.0. The van der Waals surface area contributed by atoms with Crippen LogP contribution in [0.5, 0.6) is 0 Å². The van der Waals surface area contributed by atoms with Crippen LogP contribution >= 0.6 is 0 Å². The van der Waals surface area contributed by atoms with Gasteiger partial charge in [0, 0.05) is 17.8 Å². The first-order valence-corrected chi connectivity index (χ1v) is 6.25. The van der Waals surface area contributed by atoms with Crippen molar-refractivity contribution in [3.05, 3.63) is 65.7 Å². The van der Waals surface area contributed by atoms with Crippen LogP contribution in [0.4, 0.5) is 5.69 Å². The van der Waals surface area contributed by atoms with Gasteiger partial charge in [-0.25, -0.2) is 0 Å². The second-order valence-corrected chi connectivity index (χ2v) is 4.75.